The number of hydrogen-bond acceptors (Lipinski definition) is 4. The number of amides is 2. The molecule has 2 N–H and O–H groups in total. The molecule has 5 rings (SSSR count). The molecule has 1 aromatic heterocycles. The van der Waals surface area contributed by atoms with E-state index in [0.29, 0.717) is 30.5 Å². The Morgan fingerprint density at radius 3 is 2.35 bits per heavy atom. The Hall–Kier alpha value is -3.30. The Kier molecular flexibility index (Phi) is 5.22. The van der Waals surface area contributed by atoms with Gasteiger partial charge >= 0.3 is 0 Å². The molecule has 1 saturated heterocycles. The van der Waals surface area contributed by atoms with Crippen molar-refractivity contribution in [3.05, 3.63) is 62.8 Å². The molecule has 1 aliphatic carbocycles. The summed E-state index contributed by atoms with van der Waals surface area (Å²) in [5.74, 6) is -4.53. The molecule has 2 aliphatic heterocycles. The number of carbonyl (C=O) groups is 2. The number of rotatable bonds is 4. The third-order valence-corrected chi connectivity index (χ3v) is 7.50. The van der Waals surface area contributed by atoms with E-state index in [4.69, 9.17) is 0 Å². The number of nitrogens with one attached hydrogen (secondary N) is 1. The lowest BCUT2D eigenvalue weighted by atomic mass is 9.99. The fourth-order valence-electron chi connectivity index (χ4n) is 5.52. The maximum atomic E-state index is 13.9. The van der Waals surface area contributed by atoms with Gasteiger partial charge in [-0.15, -0.1) is 0 Å². The largest absolute Gasteiger partial charge is 0.503 e. The molecule has 3 heterocycles. The molecule has 34 heavy (non-hydrogen) atoms. The fourth-order valence-corrected chi connectivity index (χ4v) is 5.52. The van der Waals surface area contributed by atoms with E-state index >= 15 is 0 Å². The minimum absolute atomic E-state index is 0.0641. The van der Waals surface area contributed by atoms with Crippen LogP contribution in [0.15, 0.2) is 23.1 Å². The number of fused-ring (bicyclic) bond motifs is 2. The molecule has 1 saturated carbocycles. The van der Waals surface area contributed by atoms with Gasteiger partial charge in [0.25, 0.3) is 11.8 Å². The van der Waals surface area contributed by atoms with E-state index in [-0.39, 0.29) is 23.7 Å². The van der Waals surface area contributed by atoms with Gasteiger partial charge in [-0.2, -0.15) is 0 Å². The molecular weight excluding hydrogens is 451 g/mol. The summed E-state index contributed by atoms with van der Waals surface area (Å²) in [7, 11) is 0. The predicted molar refractivity (Wildman–Crippen MR) is 115 cm³/mol. The van der Waals surface area contributed by atoms with Crippen molar-refractivity contribution in [2.24, 2.45) is 17.8 Å². The molecule has 1 aromatic carbocycles. The van der Waals surface area contributed by atoms with Crippen molar-refractivity contribution >= 4 is 11.8 Å². The Bertz CT molecular complexity index is 1250. The Balaban J connectivity index is 1.44. The molecule has 2 aromatic rings. The van der Waals surface area contributed by atoms with Gasteiger partial charge in [-0.25, -0.2) is 13.2 Å². The second kappa shape index (κ2) is 7.89. The van der Waals surface area contributed by atoms with E-state index in [1.54, 1.807) is 4.90 Å². The average Bonchev–Trinajstić information content (AvgIpc) is 3.40. The van der Waals surface area contributed by atoms with Crippen molar-refractivity contribution in [2.75, 3.05) is 0 Å². The van der Waals surface area contributed by atoms with Crippen LogP contribution in [0.1, 0.15) is 53.1 Å². The molecule has 5 unspecified atom stereocenters. The van der Waals surface area contributed by atoms with Crippen LogP contribution >= 0.6 is 0 Å². The highest BCUT2D eigenvalue weighted by Gasteiger charge is 2.53. The second-order valence-corrected chi connectivity index (χ2v) is 9.69. The number of aromatic hydroxyl groups is 1. The van der Waals surface area contributed by atoms with Gasteiger partial charge in [0.15, 0.2) is 11.4 Å². The number of hydrogen-bond donors (Lipinski definition) is 2. The number of carbonyl (C=O) groups excluding carboxylic acids is 2. The summed E-state index contributed by atoms with van der Waals surface area (Å²) in [4.78, 5) is 40.6. The first-order valence-electron chi connectivity index (χ1n) is 11.3. The predicted octanol–water partition coefficient (Wildman–Crippen LogP) is 2.79. The molecule has 180 valence electrons. The number of halogens is 3. The summed E-state index contributed by atoms with van der Waals surface area (Å²) in [6.45, 7) is 3.88. The smallest absolute Gasteiger partial charge is 0.275 e. The molecule has 3 aliphatic rings. The first-order valence-corrected chi connectivity index (χ1v) is 11.3. The van der Waals surface area contributed by atoms with Crippen molar-refractivity contribution in [1.29, 1.82) is 0 Å². The minimum Gasteiger partial charge on any atom is -0.503 e. The van der Waals surface area contributed by atoms with E-state index < -0.39 is 58.1 Å². The molecular formula is C24H24F3N3O4. The van der Waals surface area contributed by atoms with Crippen LogP contribution in [0.5, 0.6) is 5.75 Å². The van der Waals surface area contributed by atoms with Crippen molar-refractivity contribution in [2.45, 2.75) is 51.9 Å². The van der Waals surface area contributed by atoms with E-state index in [1.807, 2.05) is 0 Å². The topological polar surface area (TPSA) is 91.6 Å². The molecule has 0 radical (unpaired) electrons. The quantitative estimate of drug-likeness (QED) is 0.712. The third-order valence-electron chi connectivity index (χ3n) is 7.50. The molecule has 2 amide bonds. The Labute approximate surface area is 193 Å². The van der Waals surface area contributed by atoms with Crippen molar-refractivity contribution < 1.29 is 27.9 Å². The van der Waals surface area contributed by atoms with Gasteiger partial charge in [-0.1, -0.05) is 13.8 Å². The average molecular weight is 475 g/mol. The summed E-state index contributed by atoms with van der Waals surface area (Å²) in [6.07, 6.45) is 3.09. The first kappa shape index (κ1) is 22.5. The summed E-state index contributed by atoms with van der Waals surface area (Å²) >= 11 is 0. The lowest BCUT2D eigenvalue weighted by molar-refractivity contribution is 0.0534. The van der Waals surface area contributed by atoms with Crippen molar-refractivity contribution in [3.8, 4) is 5.75 Å². The molecule has 5 atom stereocenters. The van der Waals surface area contributed by atoms with Gasteiger partial charge < -0.3 is 19.9 Å². The SMILES string of the molecule is CC1CC1C1CC(C)C2Cn3cc(C(=O)NCc4c(F)cc(F)cc4F)c(=O)c(O)c3C(=O)N21. The zero-order valence-electron chi connectivity index (χ0n) is 18.6. The van der Waals surface area contributed by atoms with E-state index in [1.165, 1.54) is 10.8 Å². The Morgan fingerprint density at radius 2 is 1.74 bits per heavy atom. The van der Waals surface area contributed by atoms with Crippen molar-refractivity contribution in [3.63, 3.8) is 0 Å². The first-order chi connectivity index (χ1) is 16.1. The van der Waals surface area contributed by atoms with E-state index in [0.717, 1.165) is 12.8 Å². The van der Waals surface area contributed by atoms with Crippen LogP contribution in [-0.4, -0.2) is 38.5 Å². The van der Waals surface area contributed by atoms with E-state index in [2.05, 4.69) is 19.2 Å². The second-order valence-electron chi connectivity index (χ2n) is 9.69. The monoisotopic (exact) mass is 475 g/mol. The highest BCUT2D eigenvalue weighted by Crippen LogP contribution is 2.50. The normalized spacial score (nSPS) is 27.4. The third kappa shape index (κ3) is 3.47. The van der Waals surface area contributed by atoms with Gasteiger partial charge in [-0.05, 0) is 30.6 Å². The lowest BCUT2D eigenvalue weighted by Gasteiger charge is -2.37. The zero-order chi connectivity index (χ0) is 24.5. The highest BCUT2D eigenvalue weighted by atomic mass is 19.1. The zero-order valence-corrected chi connectivity index (χ0v) is 18.6. The summed E-state index contributed by atoms with van der Waals surface area (Å²) in [5, 5.41) is 12.8. The molecule has 2 fully saturated rings. The van der Waals surface area contributed by atoms with Crippen LogP contribution in [0.2, 0.25) is 0 Å². The summed E-state index contributed by atoms with van der Waals surface area (Å²) in [6, 6.07) is 0.909. The molecule has 0 spiro atoms. The van der Waals surface area contributed by atoms with Gasteiger partial charge in [-0.3, -0.25) is 14.4 Å². The van der Waals surface area contributed by atoms with Crippen LogP contribution < -0.4 is 10.7 Å². The highest BCUT2D eigenvalue weighted by molar-refractivity contribution is 5.99. The number of aromatic nitrogens is 1. The fraction of sp³-hybridized carbons (Fsp3) is 0.458. The van der Waals surface area contributed by atoms with Crippen molar-refractivity contribution in [1.82, 2.24) is 14.8 Å². The maximum absolute atomic E-state index is 13.9. The van der Waals surface area contributed by atoms with Crippen LogP contribution in [-0.2, 0) is 13.1 Å². The number of nitrogens with zero attached hydrogens (tertiary/aromatic N) is 2. The van der Waals surface area contributed by atoms with Gasteiger partial charge in [0.05, 0.1) is 6.04 Å². The van der Waals surface area contributed by atoms with E-state index in [9.17, 15) is 32.7 Å². The number of benzene rings is 1. The Morgan fingerprint density at radius 1 is 1.09 bits per heavy atom. The van der Waals surface area contributed by atoms with Gasteiger partial charge in [0, 0.05) is 43.0 Å². The standard InChI is InChI=1S/C24H24F3N3O4/c1-10-3-13(10)18-4-11(2)19-9-29-8-15(21(31)22(32)20(29)24(34)30(18)19)23(33)28-7-14-16(26)5-12(25)6-17(14)27/h5-6,8,10-11,13,18-19,32H,3-4,7,9H2,1-2H3,(H,28,33). The summed E-state index contributed by atoms with van der Waals surface area (Å²) in [5.41, 5.74) is -2.22. The molecule has 10 heteroatoms. The van der Waals surface area contributed by atoms with Gasteiger partial charge in [0.2, 0.25) is 5.43 Å². The summed E-state index contributed by atoms with van der Waals surface area (Å²) < 4.78 is 42.3. The lowest BCUT2D eigenvalue weighted by Crippen LogP contribution is -2.51. The molecule has 0 bridgehead atoms. The van der Waals surface area contributed by atoms with Crippen LogP contribution in [0, 0.1) is 35.2 Å². The minimum atomic E-state index is -1.18. The van der Waals surface area contributed by atoms with Gasteiger partial charge in [0.1, 0.15) is 23.0 Å². The van der Waals surface area contributed by atoms with Crippen LogP contribution in [0.4, 0.5) is 13.2 Å². The van der Waals surface area contributed by atoms with Crippen LogP contribution in [0.3, 0.4) is 0 Å². The number of pyridine rings is 1. The van der Waals surface area contributed by atoms with Crippen LogP contribution in [0.25, 0.3) is 0 Å². The molecule has 7 nitrogen and oxygen atoms in total. The maximum Gasteiger partial charge on any atom is 0.275 e.